The van der Waals surface area contributed by atoms with E-state index in [0.29, 0.717) is 23.7 Å². The Kier molecular flexibility index (Phi) is 13.8. The fraction of sp³-hybridized carbons (Fsp3) is 0.368. The molecular weight excluding hydrogens is 913 g/mol. The number of hydrogen-bond donors (Lipinski definition) is 0. The lowest BCUT2D eigenvalue weighted by Gasteiger charge is -2.39. The van der Waals surface area contributed by atoms with Gasteiger partial charge in [-0.05, 0) is 314 Å². The average Bonchev–Trinajstić information content (AvgIpc) is 3.51. The number of fused-ring (bicyclic) bond motifs is 6. The molecule has 0 heteroatoms. The van der Waals surface area contributed by atoms with Crippen molar-refractivity contribution in [1.29, 1.82) is 0 Å². The van der Waals surface area contributed by atoms with Gasteiger partial charge in [-0.2, -0.15) is 0 Å². The van der Waals surface area contributed by atoms with Gasteiger partial charge in [-0.25, -0.2) is 0 Å². The van der Waals surface area contributed by atoms with E-state index in [1.165, 1.54) is 117 Å². The SMILES string of the molecule is CC1=CCCC(C)=C1c1cc2c(cc(C3=C(C)CCC=C3C)c3ccc(C4=CC5=C(CC4)CCC(C4CC=CC=C4C4=CC=CCC4)c4ccccc4CCC5C4CCCC=C4C4=CC=CCC4)cc32)c2c1CCC=C2. The van der Waals surface area contributed by atoms with Gasteiger partial charge in [-0.1, -0.05) is 144 Å². The third-order valence-corrected chi connectivity index (χ3v) is 19.9. The molecule has 9 aliphatic rings. The van der Waals surface area contributed by atoms with Crippen LogP contribution < -0.4 is 0 Å². The van der Waals surface area contributed by atoms with Crippen molar-refractivity contribution in [3.05, 3.63) is 234 Å². The quantitative estimate of drug-likeness (QED) is 0.162. The second-order valence-electron chi connectivity index (χ2n) is 24.3. The predicted molar refractivity (Wildman–Crippen MR) is 328 cm³/mol. The van der Waals surface area contributed by atoms with E-state index in [1.807, 2.05) is 0 Å². The first-order valence-corrected chi connectivity index (χ1v) is 30.1. The Bertz CT molecular complexity index is 3510. The molecule has 0 nitrogen and oxygen atoms in total. The molecule has 0 bridgehead atoms. The highest BCUT2D eigenvalue weighted by molar-refractivity contribution is 6.17. The molecular formula is C76H80. The molecule has 0 saturated carbocycles. The highest BCUT2D eigenvalue weighted by Crippen LogP contribution is 2.52. The zero-order chi connectivity index (χ0) is 51.3. The van der Waals surface area contributed by atoms with Crippen LogP contribution in [0, 0.1) is 17.8 Å². The molecule has 4 aromatic carbocycles. The molecule has 0 aliphatic heterocycles. The second kappa shape index (κ2) is 21.3. The average molecular weight is 993 g/mol. The highest BCUT2D eigenvalue weighted by Gasteiger charge is 2.37. The molecule has 0 aromatic heterocycles. The summed E-state index contributed by atoms with van der Waals surface area (Å²) in [4.78, 5) is 0. The molecule has 9 aliphatic carbocycles. The van der Waals surface area contributed by atoms with E-state index in [9.17, 15) is 0 Å². The van der Waals surface area contributed by atoms with Crippen LogP contribution in [0.5, 0.6) is 0 Å². The van der Waals surface area contributed by atoms with Gasteiger partial charge in [0.25, 0.3) is 0 Å². The number of allylic oxidation sites excluding steroid dienone is 27. The van der Waals surface area contributed by atoms with Crippen LogP contribution in [-0.4, -0.2) is 0 Å². The standard InChI is InChI=1S/C76H80/c1-49-21-19-22-50(2)75(49)73-48-72-70-46-58(41-44-68(70)74(76-51(3)23-20-24-52(76)4)47-71(72)64-35-17-18-36-65(64)73)57-38-37-56-40-42-66(62-33-15-13-31-59(62)53-25-7-5-8-26-53)61-30-12-11-29-55(61)39-43-67(69(56)45-57)63-34-16-14-32-60(63)54-27-9-6-10-28-54/h5-7,9,11-13,15,17,21,23,25,27,29-32,35,41,44-48,62-63,66-67H,8,10,14,16,18-20,22,24,26,28,33-34,36-40,42-43H2,1-4H3. The van der Waals surface area contributed by atoms with Crippen LogP contribution in [0.1, 0.15) is 188 Å². The monoisotopic (exact) mass is 993 g/mol. The van der Waals surface area contributed by atoms with Crippen molar-refractivity contribution in [2.24, 2.45) is 17.8 Å². The zero-order valence-corrected chi connectivity index (χ0v) is 46.3. The fourth-order valence-corrected chi connectivity index (χ4v) is 16.2. The van der Waals surface area contributed by atoms with Crippen LogP contribution in [0.3, 0.4) is 0 Å². The molecule has 76 heavy (non-hydrogen) atoms. The van der Waals surface area contributed by atoms with Gasteiger partial charge in [0.1, 0.15) is 0 Å². The third-order valence-electron chi connectivity index (χ3n) is 19.9. The molecule has 0 saturated heterocycles. The van der Waals surface area contributed by atoms with Gasteiger partial charge in [0.05, 0.1) is 0 Å². The molecule has 0 spiro atoms. The molecule has 4 aromatic rings. The van der Waals surface area contributed by atoms with Crippen molar-refractivity contribution in [2.75, 3.05) is 0 Å². The largest absolute Gasteiger partial charge is 0.0842 e. The molecule has 4 atom stereocenters. The Labute approximate surface area is 456 Å². The van der Waals surface area contributed by atoms with E-state index < -0.39 is 0 Å². The van der Waals surface area contributed by atoms with E-state index in [2.05, 4.69) is 173 Å². The Morgan fingerprint density at radius 1 is 0.461 bits per heavy atom. The second-order valence-corrected chi connectivity index (χ2v) is 24.3. The number of hydrogen-bond acceptors (Lipinski definition) is 0. The first kappa shape index (κ1) is 49.3. The van der Waals surface area contributed by atoms with Crippen LogP contribution in [0.15, 0.2) is 195 Å². The minimum atomic E-state index is 0.480. The lowest BCUT2D eigenvalue weighted by molar-refractivity contribution is 0.361. The summed E-state index contributed by atoms with van der Waals surface area (Å²) >= 11 is 0. The minimum Gasteiger partial charge on any atom is -0.0842 e. The first-order valence-electron chi connectivity index (χ1n) is 30.1. The van der Waals surface area contributed by atoms with Gasteiger partial charge < -0.3 is 0 Å². The van der Waals surface area contributed by atoms with Crippen LogP contribution in [0.2, 0.25) is 0 Å². The maximum Gasteiger partial charge on any atom is -0.00555 e. The van der Waals surface area contributed by atoms with Gasteiger partial charge >= 0.3 is 0 Å². The third kappa shape index (κ3) is 9.14. The smallest absolute Gasteiger partial charge is 0.00555 e. The molecule has 0 heterocycles. The summed E-state index contributed by atoms with van der Waals surface area (Å²) in [7, 11) is 0. The molecule has 4 unspecified atom stereocenters. The molecule has 0 fully saturated rings. The Hall–Kier alpha value is -6.24. The van der Waals surface area contributed by atoms with Crippen molar-refractivity contribution in [3.8, 4) is 0 Å². The number of benzene rings is 4. The molecule has 0 N–H and O–H groups in total. The fourth-order valence-electron chi connectivity index (χ4n) is 16.2. The topological polar surface area (TPSA) is 0 Å². The normalized spacial score (nSPS) is 25.0. The summed E-state index contributed by atoms with van der Waals surface area (Å²) in [6.07, 6.45) is 60.3. The van der Waals surface area contributed by atoms with Crippen molar-refractivity contribution >= 4 is 44.3 Å². The Morgan fingerprint density at radius 3 is 1.95 bits per heavy atom. The van der Waals surface area contributed by atoms with Crippen molar-refractivity contribution < 1.29 is 0 Å². The highest BCUT2D eigenvalue weighted by atomic mass is 14.4. The van der Waals surface area contributed by atoms with Gasteiger partial charge in [-0.3, -0.25) is 0 Å². The molecule has 384 valence electrons. The predicted octanol–water partition coefficient (Wildman–Crippen LogP) is 21.4. The zero-order valence-electron chi connectivity index (χ0n) is 46.3. The van der Waals surface area contributed by atoms with Gasteiger partial charge in [0, 0.05) is 0 Å². The van der Waals surface area contributed by atoms with Crippen LogP contribution >= 0.6 is 0 Å². The van der Waals surface area contributed by atoms with Crippen LogP contribution in [0.4, 0.5) is 0 Å². The van der Waals surface area contributed by atoms with Crippen LogP contribution in [-0.2, 0) is 12.8 Å². The Morgan fingerprint density at radius 2 is 1.17 bits per heavy atom. The first-order chi connectivity index (χ1) is 37.4. The lowest BCUT2D eigenvalue weighted by atomic mass is 9.65. The maximum absolute atomic E-state index is 2.82. The van der Waals surface area contributed by atoms with E-state index >= 15 is 0 Å². The summed E-state index contributed by atoms with van der Waals surface area (Å²) in [6.45, 7) is 9.54. The van der Waals surface area contributed by atoms with Crippen molar-refractivity contribution in [1.82, 2.24) is 0 Å². The molecule has 13 rings (SSSR count). The van der Waals surface area contributed by atoms with Gasteiger partial charge in [-0.15, -0.1) is 0 Å². The van der Waals surface area contributed by atoms with Crippen molar-refractivity contribution in [3.63, 3.8) is 0 Å². The van der Waals surface area contributed by atoms with Gasteiger partial charge in [0.2, 0.25) is 0 Å². The molecule has 0 radical (unpaired) electrons. The van der Waals surface area contributed by atoms with E-state index in [1.54, 1.807) is 61.3 Å². The maximum atomic E-state index is 2.82. The van der Waals surface area contributed by atoms with E-state index in [-0.39, 0.29) is 0 Å². The van der Waals surface area contributed by atoms with E-state index in [0.717, 1.165) is 83.5 Å². The van der Waals surface area contributed by atoms with E-state index in [4.69, 9.17) is 0 Å². The van der Waals surface area contributed by atoms with Crippen LogP contribution in [0.25, 0.3) is 44.3 Å². The lowest BCUT2D eigenvalue weighted by Crippen LogP contribution is -2.26. The number of rotatable bonds is 7. The summed E-state index contributed by atoms with van der Waals surface area (Å²) < 4.78 is 0. The summed E-state index contributed by atoms with van der Waals surface area (Å²) in [5.41, 5.74) is 31.0. The minimum absolute atomic E-state index is 0.480. The Balaban J connectivity index is 0.991. The van der Waals surface area contributed by atoms with Gasteiger partial charge in [0.15, 0.2) is 0 Å². The molecule has 0 amide bonds. The summed E-state index contributed by atoms with van der Waals surface area (Å²) in [5.74, 6) is 2.01. The van der Waals surface area contributed by atoms with Crippen molar-refractivity contribution in [2.45, 2.75) is 162 Å². The summed E-state index contributed by atoms with van der Waals surface area (Å²) in [5, 5.41) is 5.68. The number of aryl methyl sites for hydroxylation is 1. The summed E-state index contributed by atoms with van der Waals surface area (Å²) in [6, 6.07) is 22.8.